The van der Waals surface area contributed by atoms with Gasteiger partial charge in [0.25, 0.3) is 0 Å². The molecule has 0 bridgehead atoms. The van der Waals surface area contributed by atoms with Gasteiger partial charge < -0.3 is 10.2 Å². The summed E-state index contributed by atoms with van der Waals surface area (Å²) in [6, 6.07) is 7.56. The van der Waals surface area contributed by atoms with Crippen LogP contribution in [-0.2, 0) is 11.2 Å². The van der Waals surface area contributed by atoms with Gasteiger partial charge in [0.1, 0.15) is 0 Å². The minimum atomic E-state index is 0.217. The first-order valence-electron chi connectivity index (χ1n) is 7.42. The SMILES string of the molecule is CCNCC1CCN(C(=O)Cc2cccc(Cl)c2)CC1. The zero-order chi connectivity index (χ0) is 14.4. The molecule has 1 fully saturated rings. The van der Waals surface area contributed by atoms with E-state index in [1.807, 2.05) is 29.2 Å². The van der Waals surface area contributed by atoms with Crippen LogP contribution in [0.2, 0.25) is 5.02 Å². The molecule has 1 heterocycles. The van der Waals surface area contributed by atoms with E-state index in [4.69, 9.17) is 11.6 Å². The fourth-order valence-electron chi connectivity index (χ4n) is 2.67. The summed E-state index contributed by atoms with van der Waals surface area (Å²) in [5, 5.41) is 4.08. The molecule has 0 aliphatic carbocycles. The van der Waals surface area contributed by atoms with Gasteiger partial charge in [0.2, 0.25) is 5.91 Å². The van der Waals surface area contributed by atoms with Gasteiger partial charge in [0.15, 0.2) is 0 Å². The summed E-state index contributed by atoms with van der Waals surface area (Å²) in [4.78, 5) is 14.3. The average Bonchev–Trinajstić information content (AvgIpc) is 2.45. The first kappa shape index (κ1) is 15.3. The van der Waals surface area contributed by atoms with Crippen molar-refractivity contribution in [1.82, 2.24) is 10.2 Å². The Morgan fingerprint density at radius 3 is 2.80 bits per heavy atom. The molecule has 1 saturated heterocycles. The molecular formula is C16H23ClN2O. The van der Waals surface area contributed by atoms with Crippen molar-refractivity contribution in [2.45, 2.75) is 26.2 Å². The molecule has 0 spiro atoms. The van der Waals surface area contributed by atoms with Gasteiger partial charge in [-0.2, -0.15) is 0 Å². The lowest BCUT2D eigenvalue weighted by atomic mass is 9.96. The van der Waals surface area contributed by atoms with E-state index in [-0.39, 0.29) is 5.91 Å². The van der Waals surface area contributed by atoms with E-state index in [0.29, 0.717) is 17.4 Å². The molecule has 4 heteroatoms. The van der Waals surface area contributed by atoms with Gasteiger partial charge in [-0.1, -0.05) is 30.7 Å². The lowest BCUT2D eigenvalue weighted by molar-refractivity contribution is -0.131. The Balaban J connectivity index is 1.80. The second-order valence-corrected chi connectivity index (χ2v) is 5.87. The van der Waals surface area contributed by atoms with Crippen molar-refractivity contribution in [3.8, 4) is 0 Å². The van der Waals surface area contributed by atoms with Crippen LogP contribution in [-0.4, -0.2) is 37.0 Å². The Kier molecular flexibility index (Phi) is 5.86. The summed E-state index contributed by atoms with van der Waals surface area (Å²) >= 11 is 5.95. The van der Waals surface area contributed by atoms with Crippen LogP contribution in [0.15, 0.2) is 24.3 Å². The third-order valence-corrected chi connectivity index (χ3v) is 4.13. The number of nitrogens with one attached hydrogen (secondary N) is 1. The molecule has 1 aromatic rings. The molecule has 0 saturated carbocycles. The average molecular weight is 295 g/mol. The lowest BCUT2D eigenvalue weighted by Gasteiger charge is -2.32. The van der Waals surface area contributed by atoms with Crippen molar-refractivity contribution in [3.63, 3.8) is 0 Å². The van der Waals surface area contributed by atoms with E-state index in [9.17, 15) is 4.79 Å². The molecule has 2 rings (SSSR count). The van der Waals surface area contributed by atoms with Gasteiger partial charge in [-0.3, -0.25) is 4.79 Å². The number of rotatable bonds is 5. The van der Waals surface area contributed by atoms with Crippen molar-refractivity contribution < 1.29 is 4.79 Å². The number of likely N-dealkylation sites (tertiary alicyclic amines) is 1. The third-order valence-electron chi connectivity index (χ3n) is 3.89. The summed E-state index contributed by atoms with van der Waals surface area (Å²) in [6.45, 7) is 6.00. The molecule has 3 nitrogen and oxygen atoms in total. The molecule has 1 aliphatic rings. The molecule has 110 valence electrons. The number of hydrogen-bond acceptors (Lipinski definition) is 2. The first-order chi connectivity index (χ1) is 9.69. The largest absolute Gasteiger partial charge is 0.342 e. The summed E-state index contributed by atoms with van der Waals surface area (Å²) < 4.78 is 0. The van der Waals surface area contributed by atoms with Crippen molar-refractivity contribution in [2.24, 2.45) is 5.92 Å². The summed E-state index contributed by atoms with van der Waals surface area (Å²) in [7, 11) is 0. The van der Waals surface area contributed by atoms with E-state index >= 15 is 0 Å². The number of piperidine rings is 1. The highest BCUT2D eigenvalue weighted by Gasteiger charge is 2.22. The number of amides is 1. The van der Waals surface area contributed by atoms with E-state index in [1.54, 1.807) is 0 Å². The lowest BCUT2D eigenvalue weighted by Crippen LogP contribution is -2.41. The zero-order valence-corrected chi connectivity index (χ0v) is 12.8. The van der Waals surface area contributed by atoms with Crippen LogP contribution in [0, 0.1) is 5.92 Å². The molecule has 1 amide bonds. The Hall–Kier alpha value is -1.06. The Labute approximate surface area is 126 Å². The van der Waals surface area contributed by atoms with Crippen molar-refractivity contribution in [1.29, 1.82) is 0 Å². The number of benzene rings is 1. The van der Waals surface area contributed by atoms with E-state index in [2.05, 4.69) is 12.2 Å². The first-order valence-corrected chi connectivity index (χ1v) is 7.79. The number of halogens is 1. The van der Waals surface area contributed by atoms with Crippen LogP contribution in [0.1, 0.15) is 25.3 Å². The molecule has 1 aliphatic heterocycles. The molecule has 0 aromatic heterocycles. The van der Waals surface area contributed by atoms with Crippen molar-refractivity contribution in [3.05, 3.63) is 34.9 Å². The Bertz CT molecular complexity index is 442. The number of hydrogen-bond donors (Lipinski definition) is 1. The monoisotopic (exact) mass is 294 g/mol. The highest BCUT2D eigenvalue weighted by atomic mass is 35.5. The summed E-state index contributed by atoms with van der Waals surface area (Å²) in [5.41, 5.74) is 0.997. The maximum Gasteiger partial charge on any atom is 0.226 e. The van der Waals surface area contributed by atoms with Gasteiger partial charge in [-0.25, -0.2) is 0 Å². The molecule has 0 unspecified atom stereocenters. The van der Waals surface area contributed by atoms with Gasteiger partial charge in [-0.05, 0) is 49.5 Å². The Morgan fingerprint density at radius 2 is 2.15 bits per heavy atom. The van der Waals surface area contributed by atoms with Crippen LogP contribution in [0.5, 0.6) is 0 Å². The van der Waals surface area contributed by atoms with E-state index in [0.717, 1.165) is 44.6 Å². The minimum Gasteiger partial charge on any atom is -0.342 e. The fraction of sp³-hybridized carbons (Fsp3) is 0.562. The van der Waals surface area contributed by atoms with Crippen LogP contribution in [0.4, 0.5) is 0 Å². The fourth-order valence-corrected chi connectivity index (χ4v) is 2.88. The minimum absolute atomic E-state index is 0.217. The molecule has 0 radical (unpaired) electrons. The maximum absolute atomic E-state index is 12.3. The zero-order valence-electron chi connectivity index (χ0n) is 12.1. The molecule has 1 aromatic carbocycles. The molecule has 20 heavy (non-hydrogen) atoms. The number of carbonyl (C=O) groups excluding carboxylic acids is 1. The second kappa shape index (κ2) is 7.65. The predicted molar refractivity (Wildman–Crippen MR) is 83.0 cm³/mol. The van der Waals surface area contributed by atoms with E-state index < -0.39 is 0 Å². The van der Waals surface area contributed by atoms with Gasteiger partial charge in [0.05, 0.1) is 6.42 Å². The van der Waals surface area contributed by atoms with Crippen molar-refractivity contribution >= 4 is 17.5 Å². The van der Waals surface area contributed by atoms with Crippen molar-refractivity contribution in [2.75, 3.05) is 26.2 Å². The molecule has 1 N–H and O–H groups in total. The van der Waals surface area contributed by atoms with Gasteiger partial charge in [-0.15, -0.1) is 0 Å². The molecular weight excluding hydrogens is 272 g/mol. The second-order valence-electron chi connectivity index (χ2n) is 5.44. The van der Waals surface area contributed by atoms with Crippen LogP contribution in [0.25, 0.3) is 0 Å². The van der Waals surface area contributed by atoms with Gasteiger partial charge in [0, 0.05) is 18.1 Å². The van der Waals surface area contributed by atoms with Crippen LogP contribution >= 0.6 is 11.6 Å². The standard InChI is InChI=1S/C16H23ClN2O/c1-2-18-12-13-6-8-19(9-7-13)16(20)11-14-4-3-5-15(17)10-14/h3-5,10,13,18H,2,6-9,11-12H2,1H3. The van der Waals surface area contributed by atoms with Crippen LogP contribution in [0.3, 0.4) is 0 Å². The highest BCUT2D eigenvalue weighted by molar-refractivity contribution is 6.30. The highest BCUT2D eigenvalue weighted by Crippen LogP contribution is 2.18. The third kappa shape index (κ3) is 4.50. The van der Waals surface area contributed by atoms with Gasteiger partial charge >= 0.3 is 0 Å². The topological polar surface area (TPSA) is 32.3 Å². The maximum atomic E-state index is 12.3. The number of carbonyl (C=O) groups is 1. The smallest absolute Gasteiger partial charge is 0.226 e. The van der Waals surface area contributed by atoms with E-state index in [1.165, 1.54) is 0 Å². The molecule has 0 atom stereocenters. The predicted octanol–water partition coefficient (Wildman–Crippen LogP) is 2.73. The normalized spacial score (nSPS) is 16.4. The number of nitrogens with zero attached hydrogens (tertiary/aromatic N) is 1. The summed E-state index contributed by atoms with van der Waals surface area (Å²) in [6.07, 6.45) is 2.67. The van der Waals surface area contributed by atoms with Crippen LogP contribution < -0.4 is 5.32 Å². The summed E-state index contributed by atoms with van der Waals surface area (Å²) in [5.74, 6) is 0.930. The Morgan fingerprint density at radius 1 is 1.40 bits per heavy atom. The quantitative estimate of drug-likeness (QED) is 0.906.